The van der Waals surface area contributed by atoms with E-state index in [1.54, 1.807) is 14.5 Å². The highest BCUT2D eigenvalue weighted by Crippen LogP contribution is 2.59. The molecule has 3 aliphatic rings. The van der Waals surface area contributed by atoms with Crippen molar-refractivity contribution in [2.45, 2.75) is 69.1 Å². The Bertz CT molecular complexity index is 1790. The molecule has 1 spiro atoms. The lowest BCUT2D eigenvalue weighted by Gasteiger charge is -2.32. The zero-order valence-corrected chi connectivity index (χ0v) is 28.0. The maximum Gasteiger partial charge on any atom is 0.264 e. The quantitative estimate of drug-likeness (QED) is 0.190. The van der Waals surface area contributed by atoms with Gasteiger partial charge in [0.05, 0.1) is 36.6 Å². The van der Waals surface area contributed by atoms with Crippen molar-refractivity contribution in [2.24, 2.45) is 5.92 Å². The first-order chi connectivity index (χ1) is 22.6. The van der Waals surface area contributed by atoms with Crippen LogP contribution in [0.25, 0.3) is 0 Å². The van der Waals surface area contributed by atoms with E-state index in [-0.39, 0.29) is 41.9 Å². The molecule has 10 nitrogen and oxygen atoms in total. The smallest absolute Gasteiger partial charge is 0.264 e. The normalized spacial score (nSPS) is 24.6. The van der Waals surface area contributed by atoms with E-state index in [1.165, 1.54) is 0 Å². The molecule has 1 aromatic heterocycles. The molecule has 3 aromatic carbocycles. The Labute approximate surface area is 275 Å². The molecule has 7 rings (SSSR count). The monoisotopic (exact) mass is 651 g/mol. The van der Waals surface area contributed by atoms with Crippen molar-refractivity contribution in [1.82, 2.24) is 15.0 Å². The van der Waals surface area contributed by atoms with Crippen molar-refractivity contribution in [2.75, 3.05) is 23.0 Å². The number of para-hydroxylation sites is 1. The van der Waals surface area contributed by atoms with Gasteiger partial charge in [-0.05, 0) is 48.8 Å². The Hall–Kier alpha value is -4.16. The molecule has 0 saturated carbocycles. The number of anilines is 2. The van der Waals surface area contributed by atoms with Crippen LogP contribution in [-0.2, 0) is 33.0 Å². The zero-order valence-electron chi connectivity index (χ0n) is 27.0. The molecule has 244 valence electrons. The van der Waals surface area contributed by atoms with Gasteiger partial charge in [-0.3, -0.25) is 14.3 Å². The van der Waals surface area contributed by atoms with Gasteiger partial charge in [-0.1, -0.05) is 72.8 Å². The van der Waals surface area contributed by atoms with E-state index < -0.39 is 13.9 Å². The van der Waals surface area contributed by atoms with E-state index in [0.29, 0.717) is 38.2 Å². The molecule has 4 heterocycles. The summed E-state index contributed by atoms with van der Waals surface area (Å²) in [6.45, 7) is 7.34. The Kier molecular flexibility index (Phi) is 8.11. The maximum absolute atomic E-state index is 14.7. The second-order valence-electron chi connectivity index (χ2n) is 13.6. The molecule has 4 aromatic rings. The Morgan fingerprint density at radius 2 is 1.81 bits per heavy atom. The number of amides is 2. The zero-order chi connectivity index (χ0) is 32.9. The molecule has 0 radical (unpaired) electrons. The van der Waals surface area contributed by atoms with E-state index in [9.17, 15) is 19.5 Å². The van der Waals surface area contributed by atoms with Crippen LogP contribution in [0.3, 0.4) is 0 Å². The van der Waals surface area contributed by atoms with Gasteiger partial charge in [-0.15, -0.1) is 5.10 Å². The largest absolute Gasteiger partial charge is 0.432 e. The molecule has 47 heavy (non-hydrogen) atoms. The summed E-state index contributed by atoms with van der Waals surface area (Å²) in [6.07, 6.45) is 2.57. The van der Waals surface area contributed by atoms with E-state index >= 15 is 0 Å². The van der Waals surface area contributed by atoms with Crippen molar-refractivity contribution < 1.29 is 24.2 Å². The number of aryl methyl sites for hydroxylation is 1. The summed E-state index contributed by atoms with van der Waals surface area (Å²) in [6, 6.07) is 25.4. The number of β-lactam (4-membered cyclic amide) rings is 1. The SMILES string of the molecule is C[C@@H]1[C@@H]([Si](C)(C)O)[C@H](CCn2cc(C(CO)c3ccccc3)nn2)O[C@@]12C(=O)N(Cc1cccc(N3CCC3=O)c1)c1ccccc12. The summed E-state index contributed by atoms with van der Waals surface area (Å²) in [7, 11) is -2.83. The Balaban J connectivity index is 1.15. The van der Waals surface area contributed by atoms with Crippen LogP contribution >= 0.6 is 0 Å². The van der Waals surface area contributed by atoms with Gasteiger partial charge in [0.1, 0.15) is 0 Å². The lowest BCUT2D eigenvalue weighted by molar-refractivity contribution is -0.146. The standard InChI is InChI=1S/C36H41N5O5Si/c1-24-34(47(2,3)45)32(16-18-39-22-30(37-38-39)28(23-42)26-11-5-4-6-12-26)46-36(24)29-14-7-8-15-31(29)41(35(36)44)21-25-10-9-13-27(20-25)40-19-17-33(40)43/h4-15,20,22,24,28,32,34,42,45H,16-19,21,23H2,1-3H3/t24-,28?,32+,34-,36+/m1/s1. The van der Waals surface area contributed by atoms with Crippen LogP contribution in [0.5, 0.6) is 0 Å². The number of nitrogens with zero attached hydrogens (tertiary/aromatic N) is 5. The molecule has 3 aliphatic heterocycles. The number of hydrogen-bond acceptors (Lipinski definition) is 7. The van der Waals surface area contributed by atoms with Crippen LogP contribution in [0.2, 0.25) is 18.6 Å². The minimum absolute atomic E-state index is 0.0838. The third-order valence-corrected chi connectivity index (χ3v) is 12.7. The number of benzene rings is 3. The molecule has 11 heteroatoms. The van der Waals surface area contributed by atoms with Gasteiger partial charge in [-0.2, -0.15) is 0 Å². The van der Waals surface area contributed by atoms with Crippen LogP contribution in [0, 0.1) is 5.92 Å². The summed E-state index contributed by atoms with van der Waals surface area (Å²) in [4.78, 5) is 42.0. The van der Waals surface area contributed by atoms with Crippen LogP contribution in [0.15, 0.2) is 85.1 Å². The predicted octanol–water partition coefficient (Wildman–Crippen LogP) is 4.57. The minimum Gasteiger partial charge on any atom is -0.432 e. The molecule has 5 atom stereocenters. The van der Waals surface area contributed by atoms with Gasteiger partial charge in [-0.25, -0.2) is 0 Å². The number of fused-ring (bicyclic) bond motifs is 2. The molecule has 2 amide bonds. The van der Waals surface area contributed by atoms with Crippen molar-refractivity contribution in [3.05, 3.63) is 107 Å². The molecule has 2 N–H and O–H groups in total. The second-order valence-corrected chi connectivity index (χ2v) is 17.5. The van der Waals surface area contributed by atoms with E-state index in [0.717, 1.165) is 28.1 Å². The van der Waals surface area contributed by atoms with Crippen LogP contribution in [0.1, 0.15) is 48.1 Å². The van der Waals surface area contributed by atoms with Crippen molar-refractivity contribution >= 4 is 31.5 Å². The summed E-state index contributed by atoms with van der Waals surface area (Å²) < 4.78 is 8.73. The lowest BCUT2D eigenvalue weighted by Crippen LogP contribution is -2.46. The molecular formula is C36H41N5O5Si. The average molecular weight is 652 g/mol. The number of aromatic nitrogens is 3. The van der Waals surface area contributed by atoms with E-state index in [2.05, 4.69) is 10.3 Å². The van der Waals surface area contributed by atoms with Gasteiger partial charge in [0.25, 0.3) is 5.91 Å². The van der Waals surface area contributed by atoms with Crippen LogP contribution in [-0.4, -0.2) is 64.3 Å². The molecule has 2 fully saturated rings. The fraction of sp³-hybridized carbons (Fsp3) is 0.389. The van der Waals surface area contributed by atoms with Crippen molar-refractivity contribution in [3.63, 3.8) is 0 Å². The highest BCUT2D eigenvalue weighted by Gasteiger charge is 2.66. The second kappa shape index (κ2) is 12.1. The van der Waals surface area contributed by atoms with Crippen molar-refractivity contribution in [3.8, 4) is 0 Å². The predicted molar refractivity (Wildman–Crippen MR) is 180 cm³/mol. The Morgan fingerprint density at radius 3 is 2.51 bits per heavy atom. The van der Waals surface area contributed by atoms with E-state index in [4.69, 9.17) is 4.74 Å². The first kappa shape index (κ1) is 31.4. The minimum atomic E-state index is -2.83. The lowest BCUT2D eigenvalue weighted by atomic mass is 9.82. The number of aliphatic hydroxyl groups is 1. The van der Waals surface area contributed by atoms with Crippen LogP contribution < -0.4 is 9.80 Å². The third kappa shape index (κ3) is 5.40. The number of hydrogen-bond donors (Lipinski definition) is 2. The fourth-order valence-electron chi connectivity index (χ4n) is 7.95. The first-order valence-electron chi connectivity index (χ1n) is 16.4. The summed E-state index contributed by atoms with van der Waals surface area (Å²) in [5, 5.41) is 18.9. The van der Waals surface area contributed by atoms with Gasteiger partial charge in [0.15, 0.2) is 13.9 Å². The van der Waals surface area contributed by atoms with E-state index in [1.807, 2.05) is 105 Å². The summed E-state index contributed by atoms with van der Waals surface area (Å²) in [5.41, 5.74) is 3.62. The molecule has 1 unspecified atom stereocenters. The topological polar surface area (TPSA) is 121 Å². The number of ether oxygens (including phenoxy) is 1. The van der Waals surface area contributed by atoms with Gasteiger partial charge in [0.2, 0.25) is 5.91 Å². The number of carbonyl (C=O) groups excluding carboxylic acids is 2. The van der Waals surface area contributed by atoms with Gasteiger partial charge >= 0.3 is 0 Å². The summed E-state index contributed by atoms with van der Waals surface area (Å²) in [5.74, 6) is -0.570. The van der Waals surface area contributed by atoms with Crippen molar-refractivity contribution in [1.29, 1.82) is 0 Å². The highest BCUT2D eigenvalue weighted by atomic mass is 28.4. The first-order valence-corrected chi connectivity index (χ1v) is 19.4. The maximum atomic E-state index is 14.7. The van der Waals surface area contributed by atoms with Gasteiger partial charge < -0.3 is 24.4 Å². The summed E-state index contributed by atoms with van der Waals surface area (Å²) >= 11 is 0. The number of aliphatic hydroxyl groups excluding tert-OH is 1. The fourth-order valence-corrected chi connectivity index (χ4v) is 10.6. The van der Waals surface area contributed by atoms with Crippen LogP contribution in [0.4, 0.5) is 11.4 Å². The Morgan fingerprint density at radius 1 is 1.04 bits per heavy atom. The van der Waals surface area contributed by atoms with Gasteiger partial charge in [0, 0.05) is 48.4 Å². The molecule has 2 saturated heterocycles. The number of carbonyl (C=O) groups is 2. The number of rotatable bonds is 10. The average Bonchev–Trinajstić information content (AvgIpc) is 3.71. The third-order valence-electron chi connectivity index (χ3n) is 10.2. The molecule has 0 aliphatic carbocycles. The highest BCUT2D eigenvalue weighted by molar-refractivity contribution is 6.71. The molecule has 0 bridgehead atoms. The molecular weight excluding hydrogens is 611 g/mol.